The molecule has 0 atom stereocenters. The summed E-state index contributed by atoms with van der Waals surface area (Å²) < 4.78 is 6.20. The van der Waals surface area contributed by atoms with E-state index in [1.54, 1.807) is 7.11 Å². The van der Waals surface area contributed by atoms with Gasteiger partial charge >= 0.3 is 0 Å². The van der Waals surface area contributed by atoms with Crippen molar-refractivity contribution in [3.63, 3.8) is 0 Å². The van der Waals surface area contributed by atoms with Crippen molar-refractivity contribution in [2.24, 2.45) is 0 Å². The monoisotopic (exact) mass is 290 g/mol. The molecule has 70 valence electrons. The van der Waals surface area contributed by atoms with Crippen LogP contribution in [0.1, 0.15) is 18.4 Å². The Kier molecular flexibility index (Phi) is 2.23. The van der Waals surface area contributed by atoms with Crippen molar-refractivity contribution in [3.8, 4) is 5.75 Å². The van der Waals surface area contributed by atoms with E-state index in [9.17, 15) is 5.11 Å². The van der Waals surface area contributed by atoms with Crippen molar-refractivity contribution >= 4 is 22.6 Å². The maximum atomic E-state index is 9.84. The third kappa shape index (κ3) is 1.67. The lowest BCUT2D eigenvalue weighted by Gasteiger charge is -2.10. The van der Waals surface area contributed by atoms with Crippen molar-refractivity contribution in [3.05, 3.63) is 27.3 Å². The van der Waals surface area contributed by atoms with Crippen molar-refractivity contribution in [1.82, 2.24) is 0 Å². The Morgan fingerprint density at radius 2 is 2.15 bits per heavy atom. The van der Waals surface area contributed by atoms with Gasteiger partial charge in [-0.25, -0.2) is 0 Å². The Hall–Kier alpha value is -0.290. The highest BCUT2D eigenvalue weighted by atomic mass is 127. The Bertz CT molecular complexity index is 332. The zero-order chi connectivity index (χ0) is 9.47. The Morgan fingerprint density at radius 3 is 2.62 bits per heavy atom. The van der Waals surface area contributed by atoms with E-state index in [-0.39, 0.29) is 0 Å². The molecular formula is C10H11IO2. The lowest BCUT2D eigenvalue weighted by Crippen LogP contribution is -2.04. The average Bonchev–Trinajstić information content (AvgIpc) is 2.85. The van der Waals surface area contributed by atoms with Crippen molar-refractivity contribution in [2.75, 3.05) is 7.11 Å². The van der Waals surface area contributed by atoms with E-state index in [4.69, 9.17) is 4.74 Å². The standard InChI is InChI=1S/C10H11IO2/c1-13-9-3-2-7(6-8(9)11)10(12)4-5-10/h2-3,6,12H,4-5H2,1H3. The quantitative estimate of drug-likeness (QED) is 0.847. The van der Waals surface area contributed by atoms with Gasteiger partial charge in [0.25, 0.3) is 0 Å². The molecule has 1 N–H and O–H groups in total. The summed E-state index contributed by atoms with van der Waals surface area (Å²) in [6, 6.07) is 5.84. The topological polar surface area (TPSA) is 29.5 Å². The maximum Gasteiger partial charge on any atom is 0.132 e. The minimum Gasteiger partial charge on any atom is -0.496 e. The minimum absolute atomic E-state index is 0.536. The molecule has 0 heterocycles. The highest BCUT2D eigenvalue weighted by molar-refractivity contribution is 14.1. The summed E-state index contributed by atoms with van der Waals surface area (Å²) in [6.45, 7) is 0. The van der Waals surface area contributed by atoms with Crippen molar-refractivity contribution in [2.45, 2.75) is 18.4 Å². The molecule has 1 aromatic carbocycles. The molecular weight excluding hydrogens is 279 g/mol. The lowest BCUT2D eigenvalue weighted by atomic mass is 10.1. The van der Waals surface area contributed by atoms with Crippen LogP contribution in [0, 0.1) is 3.57 Å². The van der Waals surface area contributed by atoms with Crippen molar-refractivity contribution in [1.29, 1.82) is 0 Å². The second kappa shape index (κ2) is 3.13. The van der Waals surface area contributed by atoms with Gasteiger partial charge in [0.05, 0.1) is 16.3 Å². The molecule has 0 bridgehead atoms. The highest BCUT2D eigenvalue weighted by Gasteiger charge is 2.42. The molecule has 2 rings (SSSR count). The van der Waals surface area contributed by atoms with Gasteiger partial charge in [0.15, 0.2) is 0 Å². The first-order valence-electron chi connectivity index (χ1n) is 4.22. The van der Waals surface area contributed by atoms with E-state index in [0.717, 1.165) is 27.7 Å². The zero-order valence-electron chi connectivity index (χ0n) is 7.38. The summed E-state index contributed by atoms with van der Waals surface area (Å²) >= 11 is 2.22. The molecule has 0 amide bonds. The number of aliphatic hydroxyl groups is 1. The number of rotatable bonds is 2. The third-order valence-electron chi connectivity index (χ3n) is 2.41. The molecule has 0 aromatic heterocycles. The summed E-state index contributed by atoms with van der Waals surface area (Å²) in [5.74, 6) is 0.869. The van der Waals surface area contributed by atoms with Crippen LogP contribution in [-0.2, 0) is 5.60 Å². The van der Waals surface area contributed by atoms with Gasteiger partial charge < -0.3 is 9.84 Å². The number of methoxy groups -OCH3 is 1. The summed E-state index contributed by atoms with van der Waals surface area (Å²) in [5.41, 5.74) is 0.476. The summed E-state index contributed by atoms with van der Waals surface area (Å²) in [4.78, 5) is 0. The molecule has 1 aliphatic carbocycles. The van der Waals surface area contributed by atoms with Gasteiger partial charge in [0.1, 0.15) is 5.75 Å². The van der Waals surface area contributed by atoms with Crippen LogP contribution in [-0.4, -0.2) is 12.2 Å². The number of halogens is 1. The van der Waals surface area contributed by atoms with Gasteiger partial charge in [-0.2, -0.15) is 0 Å². The molecule has 1 saturated carbocycles. The maximum absolute atomic E-state index is 9.84. The number of ether oxygens (including phenoxy) is 1. The zero-order valence-corrected chi connectivity index (χ0v) is 9.54. The first-order chi connectivity index (χ1) is 6.15. The fourth-order valence-electron chi connectivity index (χ4n) is 1.36. The van der Waals surface area contributed by atoms with E-state index in [0.29, 0.717) is 0 Å². The van der Waals surface area contributed by atoms with E-state index < -0.39 is 5.60 Å². The molecule has 3 heteroatoms. The highest BCUT2D eigenvalue weighted by Crippen LogP contribution is 2.46. The van der Waals surface area contributed by atoms with Gasteiger partial charge in [-0.1, -0.05) is 6.07 Å². The molecule has 1 aliphatic rings. The van der Waals surface area contributed by atoms with Crippen LogP contribution in [0.5, 0.6) is 5.75 Å². The van der Waals surface area contributed by atoms with E-state index in [1.807, 2.05) is 18.2 Å². The lowest BCUT2D eigenvalue weighted by molar-refractivity contribution is 0.151. The number of hydrogen-bond acceptors (Lipinski definition) is 2. The van der Waals surface area contributed by atoms with Gasteiger partial charge in [-0.15, -0.1) is 0 Å². The molecule has 2 nitrogen and oxygen atoms in total. The van der Waals surface area contributed by atoms with Gasteiger partial charge in [-0.05, 0) is 53.1 Å². The number of hydrogen-bond donors (Lipinski definition) is 1. The smallest absolute Gasteiger partial charge is 0.132 e. The summed E-state index contributed by atoms with van der Waals surface area (Å²) in [5, 5.41) is 9.84. The van der Waals surface area contributed by atoms with E-state index >= 15 is 0 Å². The first kappa shape index (κ1) is 9.27. The molecule has 1 fully saturated rings. The predicted octanol–water partition coefficient (Wildman–Crippen LogP) is 2.28. The Balaban J connectivity index is 2.36. The third-order valence-corrected chi connectivity index (χ3v) is 3.26. The molecule has 13 heavy (non-hydrogen) atoms. The van der Waals surface area contributed by atoms with Gasteiger partial charge in [0, 0.05) is 0 Å². The second-order valence-corrected chi connectivity index (χ2v) is 4.54. The fourth-order valence-corrected chi connectivity index (χ4v) is 2.10. The van der Waals surface area contributed by atoms with Crippen LogP contribution in [0.3, 0.4) is 0 Å². The molecule has 1 aromatic rings. The van der Waals surface area contributed by atoms with Crippen LogP contribution >= 0.6 is 22.6 Å². The van der Waals surface area contributed by atoms with Crippen molar-refractivity contribution < 1.29 is 9.84 Å². The van der Waals surface area contributed by atoms with E-state index in [2.05, 4.69) is 22.6 Å². The summed E-state index contributed by atoms with van der Waals surface area (Å²) in [7, 11) is 1.66. The number of benzene rings is 1. The van der Waals surface area contributed by atoms with Gasteiger partial charge in [0.2, 0.25) is 0 Å². The molecule has 0 aliphatic heterocycles. The SMILES string of the molecule is COc1ccc(C2(O)CC2)cc1I. The summed E-state index contributed by atoms with van der Waals surface area (Å²) in [6.07, 6.45) is 1.77. The first-order valence-corrected chi connectivity index (χ1v) is 5.30. The Morgan fingerprint density at radius 1 is 1.46 bits per heavy atom. The van der Waals surface area contributed by atoms with Crippen LogP contribution in [0.4, 0.5) is 0 Å². The fraction of sp³-hybridized carbons (Fsp3) is 0.400. The van der Waals surface area contributed by atoms with Crippen LogP contribution < -0.4 is 4.74 Å². The minimum atomic E-state index is -0.536. The Labute approximate surface area is 91.1 Å². The van der Waals surface area contributed by atoms with Crippen LogP contribution in [0.2, 0.25) is 0 Å². The van der Waals surface area contributed by atoms with Crippen LogP contribution in [0.15, 0.2) is 18.2 Å². The molecule has 0 spiro atoms. The molecule has 0 unspecified atom stereocenters. The molecule has 0 saturated heterocycles. The predicted molar refractivity (Wildman–Crippen MR) is 58.8 cm³/mol. The second-order valence-electron chi connectivity index (χ2n) is 3.38. The van der Waals surface area contributed by atoms with E-state index in [1.165, 1.54) is 0 Å². The average molecular weight is 290 g/mol. The normalized spacial score (nSPS) is 18.4. The van der Waals surface area contributed by atoms with Crippen LogP contribution in [0.25, 0.3) is 0 Å². The molecule has 0 radical (unpaired) electrons. The van der Waals surface area contributed by atoms with Gasteiger partial charge in [-0.3, -0.25) is 0 Å². The largest absolute Gasteiger partial charge is 0.496 e.